The molecular formula is C45H61F5N2O2. The molecule has 1 fully saturated rings. The zero-order valence-corrected chi connectivity index (χ0v) is 33.8. The lowest BCUT2D eigenvalue weighted by Crippen LogP contribution is -2.26. The highest BCUT2D eigenvalue weighted by atomic mass is 19.4. The molecule has 4 nitrogen and oxygen atoms in total. The summed E-state index contributed by atoms with van der Waals surface area (Å²) in [6.07, 6.45) is 0.648. The molecule has 1 heterocycles. The van der Waals surface area contributed by atoms with Gasteiger partial charge in [0.25, 0.3) is 0 Å². The predicted octanol–water partition coefficient (Wildman–Crippen LogP) is 12.6. The molecule has 9 heteroatoms. The van der Waals surface area contributed by atoms with Crippen LogP contribution in [0, 0.1) is 13.8 Å². The number of benzene rings is 3. The number of hydrogen-bond acceptors (Lipinski definition) is 4. The number of ketones is 1. The zero-order valence-electron chi connectivity index (χ0n) is 33.8. The van der Waals surface area contributed by atoms with E-state index in [0.29, 0.717) is 25.5 Å². The number of ether oxygens (including phenoxy) is 1. The summed E-state index contributed by atoms with van der Waals surface area (Å²) in [5.74, 6) is -0.893. The lowest BCUT2D eigenvalue weighted by Gasteiger charge is -2.24. The van der Waals surface area contributed by atoms with Crippen molar-refractivity contribution in [3.05, 3.63) is 106 Å². The van der Waals surface area contributed by atoms with E-state index < -0.39 is 12.0 Å². The van der Waals surface area contributed by atoms with Crippen LogP contribution in [0.2, 0.25) is 0 Å². The summed E-state index contributed by atoms with van der Waals surface area (Å²) >= 11 is 0. The van der Waals surface area contributed by atoms with Gasteiger partial charge >= 0.3 is 6.18 Å². The second-order valence-electron chi connectivity index (χ2n) is 13.4. The largest absolute Gasteiger partial charge is 0.489 e. The Morgan fingerprint density at radius 3 is 2.19 bits per heavy atom. The molecule has 2 atom stereocenters. The predicted molar refractivity (Wildman–Crippen MR) is 215 cm³/mol. The summed E-state index contributed by atoms with van der Waals surface area (Å²) < 4.78 is 66.5. The molecule has 0 saturated carbocycles. The third-order valence-corrected chi connectivity index (χ3v) is 9.51. The molecule has 2 aliphatic rings. The van der Waals surface area contributed by atoms with Crippen LogP contribution in [-0.2, 0) is 11.2 Å². The third-order valence-electron chi connectivity index (χ3n) is 9.51. The number of carbonyl (C=O) groups excluding carboxylic acids is 1. The molecule has 5 rings (SSSR count). The van der Waals surface area contributed by atoms with Gasteiger partial charge in [-0.1, -0.05) is 93.7 Å². The Balaban J connectivity index is 0.000000814. The lowest BCUT2D eigenvalue weighted by atomic mass is 9.85. The van der Waals surface area contributed by atoms with Gasteiger partial charge in [-0.25, -0.2) is 5.12 Å². The average molecular weight is 757 g/mol. The van der Waals surface area contributed by atoms with Gasteiger partial charge in [-0.15, -0.1) is 0 Å². The van der Waals surface area contributed by atoms with Crippen molar-refractivity contribution in [3.63, 3.8) is 0 Å². The molecule has 1 aliphatic carbocycles. The SMILES string of the molecule is C=C(c1ccc2c(c1)CCCC(c1ccc(C)cc1C)=C2c1ccc(OC2CCN(CCCF)C2)cc1)N(F)[C@H](C)CC.CC.CC.CC(=O)C(F)(F)F. The fraction of sp³-hybridized carbons (Fsp3) is 0.489. The molecule has 298 valence electrons. The number of alkyl halides is 4. The summed E-state index contributed by atoms with van der Waals surface area (Å²) in [5.41, 5.74) is 11.2. The minimum absolute atomic E-state index is 0.131. The van der Waals surface area contributed by atoms with Crippen LogP contribution in [0.15, 0.2) is 67.2 Å². The Kier molecular flexibility index (Phi) is 19.2. The van der Waals surface area contributed by atoms with E-state index in [1.807, 2.05) is 47.6 Å². The Morgan fingerprint density at radius 2 is 1.61 bits per heavy atom. The zero-order chi connectivity index (χ0) is 40.6. The van der Waals surface area contributed by atoms with Gasteiger partial charge in [-0.3, -0.25) is 14.1 Å². The van der Waals surface area contributed by atoms with Crippen molar-refractivity contribution in [2.24, 2.45) is 0 Å². The molecule has 3 aromatic rings. The maximum atomic E-state index is 15.0. The average Bonchev–Trinajstić information content (AvgIpc) is 3.53. The molecule has 0 amide bonds. The second-order valence-corrected chi connectivity index (χ2v) is 13.4. The first-order valence-electron chi connectivity index (χ1n) is 19.4. The smallest absolute Gasteiger partial charge is 0.449 e. The minimum atomic E-state index is -4.64. The van der Waals surface area contributed by atoms with E-state index in [9.17, 15) is 22.4 Å². The van der Waals surface area contributed by atoms with Crippen LogP contribution in [0.5, 0.6) is 5.75 Å². The third kappa shape index (κ3) is 12.8. The van der Waals surface area contributed by atoms with E-state index >= 15 is 4.48 Å². The van der Waals surface area contributed by atoms with Crippen LogP contribution >= 0.6 is 0 Å². The van der Waals surface area contributed by atoms with Gasteiger partial charge in [-0.05, 0) is 116 Å². The molecule has 0 spiro atoms. The first-order chi connectivity index (χ1) is 25.7. The number of carbonyl (C=O) groups is 1. The molecule has 0 radical (unpaired) electrons. The molecule has 1 aliphatic heterocycles. The molecule has 54 heavy (non-hydrogen) atoms. The van der Waals surface area contributed by atoms with Crippen LogP contribution in [0.1, 0.15) is 120 Å². The van der Waals surface area contributed by atoms with Gasteiger partial charge in [-0.2, -0.15) is 13.2 Å². The molecule has 3 aromatic carbocycles. The number of halogens is 5. The first kappa shape index (κ1) is 46.2. The Labute approximate surface area is 321 Å². The van der Waals surface area contributed by atoms with Gasteiger partial charge in [0, 0.05) is 32.1 Å². The van der Waals surface area contributed by atoms with Gasteiger partial charge in [0.15, 0.2) is 0 Å². The summed E-state index contributed by atoms with van der Waals surface area (Å²) in [7, 11) is 0. The van der Waals surface area contributed by atoms with Crippen LogP contribution in [0.4, 0.5) is 22.0 Å². The highest BCUT2D eigenvalue weighted by Gasteiger charge is 2.33. The van der Waals surface area contributed by atoms with Gasteiger partial charge in [0.05, 0.1) is 18.4 Å². The number of rotatable bonds is 11. The Hall–Kier alpha value is -3.98. The van der Waals surface area contributed by atoms with Crippen LogP contribution in [0.3, 0.4) is 0 Å². The van der Waals surface area contributed by atoms with Crippen LogP contribution in [0.25, 0.3) is 16.8 Å². The van der Waals surface area contributed by atoms with Crippen molar-refractivity contribution in [3.8, 4) is 5.75 Å². The van der Waals surface area contributed by atoms with E-state index in [1.54, 1.807) is 0 Å². The number of fused-ring (bicyclic) bond motifs is 1. The van der Waals surface area contributed by atoms with Crippen LogP contribution in [-0.4, -0.2) is 60.4 Å². The number of aryl methyl sites for hydroxylation is 3. The maximum Gasteiger partial charge on any atom is 0.449 e. The number of hydrogen-bond donors (Lipinski definition) is 0. The standard InChI is InChI=1S/C38H46F2N2O.C3H3F3O.2C2H6/c1-6-28(4)42(40)29(5)31-14-18-36-32(24-31)9-7-10-37(35-17-11-26(2)23-27(35)3)38(36)30-12-15-33(16-13-30)43-34-19-22-41(25-34)21-8-20-39;1-2(7)3(4,5)6;2*1-2/h11-18,23-24,28,34H,5-10,19-22,25H2,1-4H3;1H3;2*1-2H3/t28-,34?;;;/m1.../s1. The molecule has 1 unspecified atom stereocenters. The van der Waals surface area contributed by atoms with Gasteiger partial charge in [0.1, 0.15) is 11.9 Å². The molecular weight excluding hydrogens is 695 g/mol. The van der Waals surface area contributed by atoms with Gasteiger partial charge in [0.2, 0.25) is 5.78 Å². The maximum absolute atomic E-state index is 15.0. The van der Waals surface area contributed by atoms with Crippen molar-refractivity contribution in [1.29, 1.82) is 0 Å². The summed E-state index contributed by atoms with van der Waals surface area (Å²) in [6, 6.07) is 21.4. The molecule has 0 aromatic heterocycles. The summed E-state index contributed by atoms with van der Waals surface area (Å²) in [5, 5.41) is 0.805. The highest BCUT2D eigenvalue weighted by molar-refractivity contribution is 6.00. The topological polar surface area (TPSA) is 32.8 Å². The van der Waals surface area contributed by atoms with Crippen molar-refractivity contribution in [2.45, 2.75) is 119 Å². The van der Waals surface area contributed by atoms with Crippen molar-refractivity contribution in [1.82, 2.24) is 10.0 Å². The van der Waals surface area contributed by atoms with Crippen molar-refractivity contribution in [2.75, 3.05) is 26.3 Å². The Morgan fingerprint density at radius 1 is 0.981 bits per heavy atom. The van der Waals surface area contributed by atoms with E-state index in [1.165, 1.54) is 39.0 Å². The number of nitrogens with zero attached hydrogens (tertiary/aromatic N) is 2. The normalized spacial score (nSPS) is 15.9. The fourth-order valence-corrected chi connectivity index (χ4v) is 6.54. The fourth-order valence-electron chi connectivity index (χ4n) is 6.54. The number of allylic oxidation sites excluding steroid dienone is 1. The van der Waals surface area contributed by atoms with Crippen LogP contribution < -0.4 is 4.74 Å². The first-order valence-corrected chi connectivity index (χ1v) is 19.4. The minimum Gasteiger partial charge on any atom is -0.489 e. The summed E-state index contributed by atoms with van der Waals surface area (Å²) in [6.45, 7) is 23.1. The van der Waals surface area contributed by atoms with E-state index in [-0.39, 0.29) is 18.8 Å². The van der Waals surface area contributed by atoms with Gasteiger partial charge < -0.3 is 4.74 Å². The van der Waals surface area contributed by atoms with E-state index in [0.717, 1.165) is 67.3 Å². The Bertz CT molecular complexity index is 1670. The number of Topliss-reactive ketones (excluding diaryl/α,β-unsaturated/α-hetero) is 1. The van der Waals surface area contributed by atoms with E-state index in [4.69, 9.17) is 4.74 Å². The number of likely N-dealkylation sites (tertiary alicyclic amines) is 1. The van der Waals surface area contributed by atoms with Crippen molar-refractivity contribution < 1.29 is 31.6 Å². The molecule has 0 N–H and O–H groups in total. The summed E-state index contributed by atoms with van der Waals surface area (Å²) in [4.78, 5) is 11.6. The molecule has 0 bridgehead atoms. The monoisotopic (exact) mass is 756 g/mol. The van der Waals surface area contributed by atoms with E-state index in [2.05, 4.69) is 79.9 Å². The van der Waals surface area contributed by atoms with Crippen molar-refractivity contribution >= 4 is 22.6 Å². The highest BCUT2D eigenvalue weighted by Crippen LogP contribution is 2.42. The quantitative estimate of drug-likeness (QED) is 0.144. The molecule has 1 saturated heterocycles. The second kappa shape index (κ2) is 22.4. The lowest BCUT2D eigenvalue weighted by molar-refractivity contribution is -0.168.